The number of nitrogens with zero attached hydrogens (tertiary/aromatic N) is 2. The minimum atomic E-state index is -0.300. The summed E-state index contributed by atoms with van der Waals surface area (Å²) in [7, 11) is 1.43. The maximum Gasteiger partial charge on any atom is 0.293 e. The summed E-state index contributed by atoms with van der Waals surface area (Å²) in [6, 6.07) is 0. The first-order valence-electron chi connectivity index (χ1n) is 3.83. The smallest absolute Gasteiger partial charge is 0.293 e. The first-order chi connectivity index (χ1) is 6.83. The number of aromatic nitrogens is 3. The molecule has 2 rings (SSSR count). The van der Waals surface area contributed by atoms with Crippen LogP contribution in [0.3, 0.4) is 0 Å². The van der Waals surface area contributed by atoms with Gasteiger partial charge in [0.15, 0.2) is 0 Å². The van der Waals surface area contributed by atoms with Crippen molar-refractivity contribution < 1.29 is 4.74 Å². The van der Waals surface area contributed by atoms with Crippen molar-refractivity contribution >= 4 is 11.3 Å². The highest BCUT2D eigenvalue weighted by Gasteiger charge is 2.12. The van der Waals surface area contributed by atoms with Gasteiger partial charge in [0.05, 0.1) is 18.9 Å². The quantitative estimate of drug-likeness (QED) is 0.798. The molecule has 0 aromatic carbocycles. The number of aromatic amines is 1. The molecule has 1 N–H and O–H groups in total. The van der Waals surface area contributed by atoms with Crippen LogP contribution in [-0.2, 0) is 0 Å². The fraction of sp³-hybridized carbons (Fsp3) is 0.125. The van der Waals surface area contributed by atoms with Crippen molar-refractivity contribution in [3.8, 4) is 17.1 Å². The second-order valence-corrected chi connectivity index (χ2v) is 3.21. The number of ether oxygens (including phenoxy) is 1. The number of methoxy groups -OCH3 is 1. The molecule has 0 unspecified atom stereocenters. The van der Waals surface area contributed by atoms with E-state index in [2.05, 4.69) is 15.0 Å². The summed E-state index contributed by atoms with van der Waals surface area (Å²) in [5.74, 6) is 0.193. The Morgan fingerprint density at radius 3 is 3.00 bits per heavy atom. The Balaban J connectivity index is 2.64. The van der Waals surface area contributed by atoms with E-state index < -0.39 is 0 Å². The largest absolute Gasteiger partial charge is 0.490 e. The minimum Gasteiger partial charge on any atom is -0.490 e. The molecule has 14 heavy (non-hydrogen) atoms. The first-order valence-corrected chi connectivity index (χ1v) is 4.77. The van der Waals surface area contributed by atoms with Crippen molar-refractivity contribution in [2.24, 2.45) is 0 Å². The highest BCUT2D eigenvalue weighted by molar-refractivity contribution is 7.07. The average Bonchev–Trinajstić information content (AvgIpc) is 2.70. The Hall–Kier alpha value is -1.69. The zero-order valence-electron chi connectivity index (χ0n) is 7.35. The molecular formula is C8H7N3O2S. The van der Waals surface area contributed by atoms with Crippen LogP contribution in [0, 0.1) is 0 Å². The first kappa shape index (κ1) is 8.89. The second kappa shape index (κ2) is 3.59. The third kappa shape index (κ3) is 1.39. The normalized spacial score (nSPS) is 10.1. The minimum absolute atomic E-state index is 0.193. The molecule has 0 saturated carbocycles. The summed E-state index contributed by atoms with van der Waals surface area (Å²) in [6.07, 6.45) is 1.33. The maximum atomic E-state index is 11.3. The number of thiazole rings is 1. The molecule has 0 bridgehead atoms. The van der Waals surface area contributed by atoms with E-state index in [9.17, 15) is 4.79 Å². The van der Waals surface area contributed by atoms with Gasteiger partial charge < -0.3 is 9.72 Å². The van der Waals surface area contributed by atoms with Gasteiger partial charge in [-0.05, 0) is 0 Å². The predicted molar refractivity (Wildman–Crippen MR) is 52.5 cm³/mol. The van der Waals surface area contributed by atoms with Gasteiger partial charge in [0.1, 0.15) is 11.4 Å². The molecular weight excluding hydrogens is 202 g/mol. The third-order valence-corrected chi connectivity index (χ3v) is 2.28. The Bertz CT molecular complexity index is 478. The average molecular weight is 209 g/mol. The lowest BCUT2D eigenvalue weighted by Crippen LogP contribution is -2.11. The van der Waals surface area contributed by atoms with Crippen LogP contribution in [-0.4, -0.2) is 22.1 Å². The Kier molecular flexibility index (Phi) is 2.28. The summed E-state index contributed by atoms with van der Waals surface area (Å²) >= 11 is 1.44. The van der Waals surface area contributed by atoms with Crippen molar-refractivity contribution in [1.82, 2.24) is 15.0 Å². The molecule has 0 spiro atoms. The van der Waals surface area contributed by atoms with Crippen LogP contribution in [0.4, 0.5) is 0 Å². The highest BCUT2D eigenvalue weighted by Crippen LogP contribution is 2.22. The van der Waals surface area contributed by atoms with Crippen molar-refractivity contribution in [3.63, 3.8) is 0 Å². The SMILES string of the molecule is COc1c(-c2cscn2)nc[nH]c1=O. The van der Waals surface area contributed by atoms with Gasteiger partial charge in [-0.3, -0.25) is 4.79 Å². The second-order valence-electron chi connectivity index (χ2n) is 2.49. The van der Waals surface area contributed by atoms with Crippen molar-refractivity contribution in [2.45, 2.75) is 0 Å². The Morgan fingerprint density at radius 1 is 1.50 bits per heavy atom. The van der Waals surface area contributed by atoms with E-state index in [0.717, 1.165) is 0 Å². The van der Waals surface area contributed by atoms with E-state index in [0.29, 0.717) is 11.4 Å². The molecule has 0 amide bonds. The Labute approximate surface area is 83.4 Å². The van der Waals surface area contributed by atoms with Gasteiger partial charge in [-0.1, -0.05) is 0 Å². The summed E-state index contributed by atoms with van der Waals surface area (Å²) in [5, 5.41) is 1.81. The fourth-order valence-corrected chi connectivity index (χ4v) is 1.63. The molecule has 0 aliphatic rings. The van der Waals surface area contributed by atoms with E-state index >= 15 is 0 Å². The Morgan fingerprint density at radius 2 is 2.36 bits per heavy atom. The van der Waals surface area contributed by atoms with E-state index in [4.69, 9.17) is 4.74 Å². The van der Waals surface area contributed by atoms with Crippen LogP contribution >= 0.6 is 11.3 Å². The van der Waals surface area contributed by atoms with Crippen molar-refractivity contribution in [2.75, 3.05) is 7.11 Å². The molecule has 0 aliphatic heterocycles. The third-order valence-electron chi connectivity index (χ3n) is 1.69. The lowest BCUT2D eigenvalue weighted by atomic mass is 10.3. The van der Waals surface area contributed by atoms with E-state index in [1.807, 2.05) is 5.38 Å². The van der Waals surface area contributed by atoms with Gasteiger partial charge in [0.25, 0.3) is 5.56 Å². The van der Waals surface area contributed by atoms with Gasteiger partial charge in [-0.25, -0.2) is 9.97 Å². The van der Waals surface area contributed by atoms with Gasteiger partial charge in [-0.15, -0.1) is 11.3 Å². The summed E-state index contributed by atoms with van der Waals surface area (Å²) in [6.45, 7) is 0. The summed E-state index contributed by atoms with van der Waals surface area (Å²) in [5.41, 5.74) is 2.50. The van der Waals surface area contributed by atoms with Crippen LogP contribution in [0.5, 0.6) is 5.75 Å². The van der Waals surface area contributed by atoms with Crippen LogP contribution in [0.25, 0.3) is 11.4 Å². The number of nitrogens with one attached hydrogen (secondary N) is 1. The van der Waals surface area contributed by atoms with Gasteiger partial charge in [-0.2, -0.15) is 0 Å². The number of hydrogen-bond acceptors (Lipinski definition) is 5. The van der Waals surface area contributed by atoms with Crippen LogP contribution < -0.4 is 10.3 Å². The molecule has 0 saturated heterocycles. The predicted octanol–water partition coefficient (Wildman–Crippen LogP) is 0.902. The number of H-pyrrole nitrogens is 1. The van der Waals surface area contributed by atoms with Crippen LogP contribution in [0.2, 0.25) is 0 Å². The topological polar surface area (TPSA) is 67.9 Å². The molecule has 6 heteroatoms. The lowest BCUT2D eigenvalue weighted by Gasteiger charge is -2.02. The molecule has 2 heterocycles. The monoisotopic (exact) mass is 209 g/mol. The van der Waals surface area contributed by atoms with Crippen LogP contribution in [0.1, 0.15) is 0 Å². The molecule has 0 aliphatic carbocycles. The van der Waals surface area contributed by atoms with Gasteiger partial charge in [0, 0.05) is 5.38 Å². The standard InChI is InChI=1S/C8H7N3O2S/c1-13-7-6(5-2-14-4-11-5)9-3-10-8(7)12/h2-4H,1H3,(H,9,10,12). The van der Waals surface area contributed by atoms with Gasteiger partial charge >= 0.3 is 0 Å². The molecule has 2 aromatic rings. The van der Waals surface area contributed by atoms with E-state index in [1.165, 1.54) is 24.8 Å². The molecule has 0 fully saturated rings. The molecule has 0 radical (unpaired) electrons. The summed E-state index contributed by atoms with van der Waals surface area (Å²) in [4.78, 5) is 21.8. The van der Waals surface area contributed by atoms with Gasteiger partial charge in [0.2, 0.25) is 5.75 Å². The summed E-state index contributed by atoms with van der Waals surface area (Å²) < 4.78 is 4.96. The zero-order chi connectivity index (χ0) is 9.97. The molecule has 0 atom stereocenters. The van der Waals surface area contributed by atoms with E-state index in [-0.39, 0.29) is 11.3 Å². The van der Waals surface area contributed by atoms with Crippen molar-refractivity contribution in [3.05, 3.63) is 27.6 Å². The molecule has 5 nitrogen and oxygen atoms in total. The van der Waals surface area contributed by atoms with Crippen LogP contribution in [0.15, 0.2) is 22.0 Å². The van der Waals surface area contributed by atoms with Crippen molar-refractivity contribution in [1.29, 1.82) is 0 Å². The number of rotatable bonds is 2. The van der Waals surface area contributed by atoms with E-state index in [1.54, 1.807) is 5.51 Å². The molecule has 72 valence electrons. The lowest BCUT2D eigenvalue weighted by molar-refractivity contribution is 0.408. The molecule has 2 aromatic heterocycles. The fourth-order valence-electron chi connectivity index (χ4n) is 1.09. The zero-order valence-corrected chi connectivity index (χ0v) is 8.17. The highest BCUT2D eigenvalue weighted by atomic mass is 32.1. The maximum absolute atomic E-state index is 11.3. The number of hydrogen-bond donors (Lipinski definition) is 1.